The van der Waals surface area contributed by atoms with E-state index < -0.39 is 5.97 Å². The van der Waals surface area contributed by atoms with Crippen molar-refractivity contribution in [2.75, 3.05) is 0 Å². The van der Waals surface area contributed by atoms with Crippen LogP contribution in [0.4, 0.5) is 0 Å². The lowest BCUT2D eigenvalue weighted by molar-refractivity contribution is 0.0697. The third-order valence-electron chi connectivity index (χ3n) is 2.12. The Morgan fingerprint density at radius 1 is 1.28 bits per heavy atom. The number of carboxylic acids is 1. The largest absolute Gasteiger partial charge is 0.478 e. The Balaban J connectivity index is 2.24. The number of hydrogen-bond donors (Lipinski definition) is 1. The van der Waals surface area contributed by atoms with Gasteiger partial charge in [0.05, 0.1) is 11.8 Å². The Labute approximate surface area is 102 Å². The lowest BCUT2D eigenvalue weighted by Crippen LogP contribution is -1.96. The molecule has 1 N–H and O–H groups in total. The minimum atomic E-state index is -1.02. The van der Waals surface area contributed by atoms with Crippen molar-refractivity contribution in [1.82, 2.24) is 10.2 Å². The fourth-order valence-electron chi connectivity index (χ4n) is 1.26. The standard InChI is InChI=1S/C12H7N3O3/c13-7-9-5-6-14-15-11(9)18-10-3-1-8(2-4-10)12(16)17/h1-6H,(H,16,17). The summed E-state index contributed by atoms with van der Waals surface area (Å²) in [4.78, 5) is 10.7. The minimum absolute atomic E-state index is 0.0862. The third-order valence-corrected chi connectivity index (χ3v) is 2.12. The summed E-state index contributed by atoms with van der Waals surface area (Å²) in [5.74, 6) is -0.543. The van der Waals surface area contributed by atoms with E-state index >= 15 is 0 Å². The van der Waals surface area contributed by atoms with E-state index in [1.54, 1.807) is 0 Å². The minimum Gasteiger partial charge on any atom is -0.478 e. The zero-order valence-electron chi connectivity index (χ0n) is 9.07. The zero-order chi connectivity index (χ0) is 13.0. The van der Waals surface area contributed by atoms with E-state index in [9.17, 15) is 4.79 Å². The van der Waals surface area contributed by atoms with E-state index in [1.807, 2.05) is 6.07 Å². The van der Waals surface area contributed by atoms with Gasteiger partial charge in [0.15, 0.2) is 0 Å². The van der Waals surface area contributed by atoms with E-state index in [1.165, 1.54) is 36.5 Å². The highest BCUT2D eigenvalue weighted by molar-refractivity contribution is 5.87. The molecule has 0 saturated heterocycles. The number of aromatic carboxylic acids is 1. The van der Waals surface area contributed by atoms with E-state index in [-0.39, 0.29) is 17.0 Å². The quantitative estimate of drug-likeness (QED) is 0.880. The molecule has 0 radical (unpaired) electrons. The van der Waals surface area contributed by atoms with Crippen LogP contribution in [0.1, 0.15) is 15.9 Å². The number of nitrogens with zero attached hydrogens (tertiary/aromatic N) is 3. The first-order valence-corrected chi connectivity index (χ1v) is 4.93. The highest BCUT2D eigenvalue weighted by Gasteiger charge is 2.07. The second kappa shape index (κ2) is 4.93. The summed E-state index contributed by atoms with van der Waals surface area (Å²) < 4.78 is 5.35. The van der Waals surface area contributed by atoms with Crippen LogP contribution in [0.25, 0.3) is 0 Å². The van der Waals surface area contributed by atoms with Gasteiger partial charge in [-0.2, -0.15) is 10.4 Å². The van der Waals surface area contributed by atoms with Gasteiger partial charge in [-0.3, -0.25) is 0 Å². The maximum atomic E-state index is 10.7. The molecule has 2 aromatic rings. The van der Waals surface area contributed by atoms with Gasteiger partial charge in [0, 0.05) is 0 Å². The van der Waals surface area contributed by atoms with Crippen molar-refractivity contribution < 1.29 is 14.6 Å². The zero-order valence-corrected chi connectivity index (χ0v) is 9.07. The molecule has 0 unspecified atom stereocenters. The summed E-state index contributed by atoms with van der Waals surface area (Å²) in [7, 11) is 0. The molecule has 1 heterocycles. The average molecular weight is 241 g/mol. The molecule has 0 aliphatic heterocycles. The number of hydrogen-bond acceptors (Lipinski definition) is 5. The van der Waals surface area contributed by atoms with Crippen LogP contribution in [0.5, 0.6) is 11.6 Å². The molecule has 0 aliphatic carbocycles. The number of carbonyl (C=O) groups is 1. The first-order valence-electron chi connectivity index (χ1n) is 4.93. The van der Waals surface area contributed by atoms with Gasteiger partial charge in [0.25, 0.3) is 5.88 Å². The molecule has 2 rings (SSSR count). The Morgan fingerprint density at radius 2 is 2.00 bits per heavy atom. The molecule has 0 fully saturated rings. The van der Waals surface area contributed by atoms with E-state index in [0.29, 0.717) is 5.75 Å². The van der Waals surface area contributed by atoms with Crippen molar-refractivity contribution in [3.8, 4) is 17.7 Å². The van der Waals surface area contributed by atoms with Crippen LogP contribution in [0, 0.1) is 11.3 Å². The van der Waals surface area contributed by atoms with Gasteiger partial charge < -0.3 is 9.84 Å². The lowest BCUT2D eigenvalue weighted by atomic mass is 10.2. The lowest BCUT2D eigenvalue weighted by Gasteiger charge is -2.04. The van der Waals surface area contributed by atoms with Gasteiger partial charge in [-0.15, -0.1) is 5.10 Å². The molecule has 88 valence electrons. The topological polar surface area (TPSA) is 96.1 Å². The van der Waals surface area contributed by atoms with Crippen molar-refractivity contribution >= 4 is 5.97 Å². The predicted molar refractivity (Wildman–Crippen MR) is 60.2 cm³/mol. The van der Waals surface area contributed by atoms with Crippen molar-refractivity contribution in [2.24, 2.45) is 0 Å². The molecule has 0 saturated carbocycles. The van der Waals surface area contributed by atoms with Crippen molar-refractivity contribution in [3.63, 3.8) is 0 Å². The predicted octanol–water partition coefficient (Wildman–Crippen LogP) is 1.84. The summed E-state index contributed by atoms with van der Waals surface area (Å²) in [5, 5.41) is 24.9. The molecule has 18 heavy (non-hydrogen) atoms. The molecule has 1 aromatic carbocycles. The molecule has 0 amide bonds. The normalized spacial score (nSPS) is 9.50. The van der Waals surface area contributed by atoms with E-state index in [0.717, 1.165) is 0 Å². The highest BCUT2D eigenvalue weighted by atomic mass is 16.5. The van der Waals surface area contributed by atoms with Crippen LogP contribution in [0.2, 0.25) is 0 Å². The Morgan fingerprint density at radius 3 is 2.61 bits per heavy atom. The molecule has 6 heteroatoms. The molecular weight excluding hydrogens is 234 g/mol. The van der Waals surface area contributed by atoms with Crippen molar-refractivity contribution in [1.29, 1.82) is 5.26 Å². The second-order valence-corrected chi connectivity index (χ2v) is 3.29. The highest BCUT2D eigenvalue weighted by Crippen LogP contribution is 2.21. The first-order chi connectivity index (χ1) is 8.70. The molecule has 0 aliphatic rings. The monoisotopic (exact) mass is 241 g/mol. The number of rotatable bonds is 3. The van der Waals surface area contributed by atoms with Gasteiger partial charge in [-0.25, -0.2) is 4.79 Å². The number of carboxylic acid groups (broad SMARTS) is 1. The molecule has 6 nitrogen and oxygen atoms in total. The van der Waals surface area contributed by atoms with Crippen LogP contribution in [0.3, 0.4) is 0 Å². The van der Waals surface area contributed by atoms with Crippen molar-refractivity contribution in [3.05, 3.63) is 47.7 Å². The summed E-state index contributed by atoms with van der Waals surface area (Å²) in [5.41, 5.74) is 0.411. The van der Waals surface area contributed by atoms with Crippen LogP contribution in [0.15, 0.2) is 36.5 Å². The SMILES string of the molecule is N#Cc1ccnnc1Oc1ccc(C(=O)O)cc1. The first kappa shape index (κ1) is 11.5. The third kappa shape index (κ3) is 2.41. The maximum absolute atomic E-state index is 10.7. The smallest absolute Gasteiger partial charge is 0.335 e. The summed E-state index contributed by atoms with van der Waals surface area (Å²) in [6.07, 6.45) is 1.39. The van der Waals surface area contributed by atoms with Crippen LogP contribution < -0.4 is 4.74 Å². The van der Waals surface area contributed by atoms with Gasteiger partial charge in [0.1, 0.15) is 17.4 Å². The van der Waals surface area contributed by atoms with Crippen LogP contribution in [-0.2, 0) is 0 Å². The van der Waals surface area contributed by atoms with Gasteiger partial charge >= 0.3 is 5.97 Å². The number of nitriles is 1. The molecule has 0 spiro atoms. The summed E-state index contributed by atoms with van der Waals surface area (Å²) in [6, 6.07) is 9.18. The molecular formula is C12H7N3O3. The van der Waals surface area contributed by atoms with E-state index in [2.05, 4.69) is 10.2 Å². The number of aromatic nitrogens is 2. The van der Waals surface area contributed by atoms with Crippen molar-refractivity contribution in [2.45, 2.75) is 0 Å². The van der Waals surface area contributed by atoms with E-state index in [4.69, 9.17) is 15.1 Å². The number of ether oxygens (including phenoxy) is 1. The van der Waals surface area contributed by atoms with Crippen LogP contribution >= 0.6 is 0 Å². The molecule has 0 atom stereocenters. The Kier molecular flexibility index (Phi) is 3.16. The maximum Gasteiger partial charge on any atom is 0.335 e. The van der Waals surface area contributed by atoms with Crippen LogP contribution in [-0.4, -0.2) is 21.3 Å². The fraction of sp³-hybridized carbons (Fsp3) is 0. The molecule has 1 aromatic heterocycles. The van der Waals surface area contributed by atoms with Gasteiger partial charge in [-0.05, 0) is 30.3 Å². The summed E-state index contributed by atoms with van der Waals surface area (Å²) in [6.45, 7) is 0. The molecule has 0 bridgehead atoms. The summed E-state index contributed by atoms with van der Waals surface area (Å²) >= 11 is 0. The average Bonchev–Trinajstić information content (AvgIpc) is 2.40. The second-order valence-electron chi connectivity index (χ2n) is 3.29. The van der Waals surface area contributed by atoms with Gasteiger partial charge in [0.2, 0.25) is 0 Å². The fourth-order valence-corrected chi connectivity index (χ4v) is 1.26. The Bertz CT molecular complexity index is 617. The number of benzene rings is 1. The van der Waals surface area contributed by atoms with Gasteiger partial charge in [-0.1, -0.05) is 0 Å². The Hall–Kier alpha value is -2.94.